The van der Waals surface area contributed by atoms with Crippen LogP contribution in [0.1, 0.15) is 11.1 Å². The molecule has 3 rings (SSSR count). The number of aromatic nitrogens is 1. The number of benzene rings is 2. The summed E-state index contributed by atoms with van der Waals surface area (Å²) >= 11 is 3.42. The zero-order valence-electron chi connectivity index (χ0n) is 12.8. The monoisotopic (exact) mass is 393 g/mol. The van der Waals surface area contributed by atoms with Gasteiger partial charge in [-0.15, -0.1) is 0 Å². The van der Waals surface area contributed by atoms with Gasteiger partial charge in [0, 0.05) is 16.9 Å². The molecule has 0 radical (unpaired) electrons. The predicted octanol–water partition coefficient (Wildman–Crippen LogP) is 4.09. The second kappa shape index (κ2) is 6.02. The molecule has 0 aliphatic heterocycles. The molecule has 23 heavy (non-hydrogen) atoms. The van der Waals surface area contributed by atoms with E-state index in [9.17, 15) is 8.42 Å². The summed E-state index contributed by atoms with van der Waals surface area (Å²) in [6.45, 7) is 1.93. The van der Waals surface area contributed by atoms with Gasteiger partial charge in [0.25, 0.3) is 10.0 Å². The molecule has 0 amide bonds. The van der Waals surface area contributed by atoms with E-state index in [0.717, 1.165) is 16.5 Å². The fourth-order valence-corrected chi connectivity index (χ4v) is 4.34. The molecule has 0 N–H and O–H groups in total. The molecule has 0 saturated carbocycles. The Morgan fingerprint density at radius 2 is 1.83 bits per heavy atom. The maximum absolute atomic E-state index is 13.0. The number of alkyl halides is 1. The summed E-state index contributed by atoms with van der Waals surface area (Å²) in [5.41, 5.74) is 2.56. The van der Waals surface area contributed by atoms with Gasteiger partial charge in [-0.25, -0.2) is 12.4 Å². The highest BCUT2D eigenvalue weighted by molar-refractivity contribution is 9.08. The van der Waals surface area contributed by atoms with Gasteiger partial charge in [-0.05, 0) is 42.8 Å². The Hall–Kier alpha value is -1.79. The summed E-state index contributed by atoms with van der Waals surface area (Å²) in [5, 5.41) is 1.42. The SMILES string of the molecule is COc1ccc2c(c1)c(CBr)cn2S(=O)(=O)c1ccc(C)cc1. The van der Waals surface area contributed by atoms with Crippen molar-refractivity contribution in [3.05, 3.63) is 59.8 Å². The molecule has 4 nitrogen and oxygen atoms in total. The van der Waals surface area contributed by atoms with E-state index in [1.165, 1.54) is 3.97 Å². The van der Waals surface area contributed by atoms with Gasteiger partial charge in [0.2, 0.25) is 0 Å². The van der Waals surface area contributed by atoms with E-state index in [1.54, 1.807) is 49.7 Å². The summed E-state index contributed by atoms with van der Waals surface area (Å²) in [4.78, 5) is 0.275. The molecule has 0 saturated heterocycles. The molecule has 1 aromatic heterocycles. The highest BCUT2D eigenvalue weighted by Gasteiger charge is 2.21. The van der Waals surface area contributed by atoms with Gasteiger partial charge in [0.05, 0.1) is 17.5 Å². The maximum Gasteiger partial charge on any atom is 0.268 e. The Morgan fingerprint density at radius 3 is 2.43 bits per heavy atom. The second-order valence-corrected chi connectivity index (χ2v) is 7.66. The normalized spacial score (nSPS) is 11.8. The van der Waals surface area contributed by atoms with E-state index in [-0.39, 0.29) is 4.90 Å². The van der Waals surface area contributed by atoms with Crippen LogP contribution in [0.5, 0.6) is 5.75 Å². The zero-order valence-corrected chi connectivity index (χ0v) is 15.2. The van der Waals surface area contributed by atoms with Crippen molar-refractivity contribution in [3.8, 4) is 5.75 Å². The molecule has 0 bridgehead atoms. The van der Waals surface area contributed by atoms with Crippen LogP contribution >= 0.6 is 15.9 Å². The van der Waals surface area contributed by atoms with E-state index in [1.807, 2.05) is 13.0 Å². The van der Waals surface area contributed by atoms with E-state index in [2.05, 4.69) is 15.9 Å². The minimum Gasteiger partial charge on any atom is -0.497 e. The number of hydrogen-bond donors (Lipinski definition) is 0. The number of fused-ring (bicyclic) bond motifs is 1. The lowest BCUT2D eigenvalue weighted by Crippen LogP contribution is -2.11. The molecule has 6 heteroatoms. The zero-order chi connectivity index (χ0) is 16.6. The first-order valence-corrected chi connectivity index (χ1v) is 9.59. The summed E-state index contributed by atoms with van der Waals surface area (Å²) in [7, 11) is -2.04. The first kappa shape index (κ1) is 16.1. The lowest BCUT2D eigenvalue weighted by molar-refractivity contribution is 0.415. The smallest absolute Gasteiger partial charge is 0.268 e. The van der Waals surface area contributed by atoms with Crippen LogP contribution in [0.15, 0.2) is 53.6 Å². The number of ether oxygens (including phenoxy) is 1. The minimum atomic E-state index is -3.64. The minimum absolute atomic E-state index is 0.275. The van der Waals surface area contributed by atoms with Crippen LogP contribution in [-0.2, 0) is 15.4 Å². The predicted molar refractivity (Wildman–Crippen MR) is 94.9 cm³/mol. The molecular weight excluding hydrogens is 378 g/mol. The maximum atomic E-state index is 13.0. The molecule has 2 aromatic carbocycles. The molecular formula is C17H16BrNO3S. The highest BCUT2D eigenvalue weighted by Crippen LogP contribution is 2.30. The van der Waals surface area contributed by atoms with Gasteiger partial charge in [0.1, 0.15) is 5.75 Å². The van der Waals surface area contributed by atoms with Crippen molar-refractivity contribution in [1.82, 2.24) is 3.97 Å². The van der Waals surface area contributed by atoms with Crippen LogP contribution in [0, 0.1) is 6.92 Å². The van der Waals surface area contributed by atoms with Crippen molar-refractivity contribution in [3.63, 3.8) is 0 Å². The van der Waals surface area contributed by atoms with Crippen LogP contribution in [-0.4, -0.2) is 19.5 Å². The number of rotatable bonds is 4. The third kappa shape index (κ3) is 2.77. The molecule has 0 aliphatic rings. The molecule has 0 fully saturated rings. The summed E-state index contributed by atoms with van der Waals surface area (Å²) < 4.78 is 32.5. The van der Waals surface area contributed by atoms with E-state index in [4.69, 9.17) is 4.74 Å². The van der Waals surface area contributed by atoms with Gasteiger partial charge in [0.15, 0.2) is 0 Å². The van der Waals surface area contributed by atoms with Gasteiger partial charge >= 0.3 is 0 Å². The summed E-state index contributed by atoms with van der Waals surface area (Å²) in [5.74, 6) is 0.699. The van der Waals surface area contributed by atoms with Gasteiger partial charge in [-0.3, -0.25) is 0 Å². The van der Waals surface area contributed by atoms with Crippen molar-refractivity contribution in [1.29, 1.82) is 0 Å². The number of nitrogens with zero attached hydrogens (tertiary/aromatic N) is 1. The van der Waals surface area contributed by atoms with Crippen molar-refractivity contribution in [2.75, 3.05) is 7.11 Å². The number of halogens is 1. The topological polar surface area (TPSA) is 48.3 Å². The second-order valence-electron chi connectivity index (χ2n) is 5.28. The summed E-state index contributed by atoms with van der Waals surface area (Å²) in [6.07, 6.45) is 1.66. The lowest BCUT2D eigenvalue weighted by Gasteiger charge is -2.08. The molecule has 0 unspecified atom stereocenters. The first-order chi connectivity index (χ1) is 11.0. The average molecular weight is 394 g/mol. The average Bonchev–Trinajstić information content (AvgIpc) is 2.93. The Bertz CT molecular complexity index is 959. The summed E-state index contributed by atoms with van der Waals surface area (Å²) in [6, 6.07) is 12.3. The van der Waals surface area contributed by atoms with E-state index in [0.29, 0.717) is 16.6 Å². The van der Waals surface area contributed by atoms with Crippen molar-refractivity contribution in [2.24, 2.45) is 0 Å². The molecule has 0 spiro atoms. The van der Waals surface area contributed by atoms with Gasteiger partial charge in [-0.1, -0.05) is 33.6 Å². The van der Waals surface area contributed by atoms with Crippen LogP contribution in [0.4, 0.5) is 0 Å². The number of hydrogen-bond acceptors (Lipinski definition) is 3. The number of aryl methyl sites for hydroxylation is 1. The van der Waals surface area contributed by atoms with Crippen molar-refractivity contribution in [2.45, 2.75) is 17.1 Å². The Morgan fingerprint density at radius 1 is 1.13 bits per heavy atom. The van der Waals surface area contributed by atoms with Crippen LogP contribution in [0.2, 0.25) is 0 Å². The first-order valence-electron chi connectivity index (χ1n) is 7.03. The van der Waals surface area contributed by atoms with Gasteiger partial charge < -0.3 is 4.74 Å². The lowest BCUT2D eigenvalue weighted by atomic mass is 10.2. The van der Waals surface area contributed by atoms with Crippen LogP contribution in [0.25, 0.3) is 10.9 Å². The number of methoxy groups -OCH3 is 1. The molecule has 0 atom stereocenters. The Balaban J connectivity index is 2.25. The fraction of sp³-hybridized carbons (Fsp3) is 0.176. The van der Waals surface area contributed by atoms with Crippen molar-refractivity contribution < 1.29 is 13.2 Å². The van der Waals surface area contributed by atoms with Crippen LogP contribution in [0.3, 0.4) is 0 Å². The third-order valence-corrected chi connectivity index (χ3v) is 6.07. The third-order valence-electron chi connectivity index (χ3n) is 3.78. The molecule has 1 heterocycles. The van der Waals surface area contributed by atoms with Gasteiger partial charge in [-0.2, -0.15) is 0 Å². The van der Waals surface area contributed by atoms with Crippen LogP contribution < -0.4 is 4.74 Å². The van der Waals surface area contributed by atoms with E-state index < -0.39 is 10.0 Å². The standard InChI is InChI=1S/C17H16BrNO3S/c1-12-3-6-15(7-4-12)23(20,21)19-11-13(10-18)16-9-14(22-2)5-8-17(16)19/h3-9,11H,10H2,1-2H3. The Labute approximate surface area is 143 Å². The molecule has 0 aliphatic carbocycles. The quantitative estimate of drug-likeness (QED) is 0.627. The molecule has 120 valence electrons. The highest BCUT2D eigenvalue weighted by atomic mass is 79.9. The largest absolute Gasteiger partial charge is 0.497 e. The molecule has 3 aromatic rings. The Kier molecular flexibility index (Phi) is 4.21. The van der Waals surface area contributed by atoms with E-state index >= 15 is 0 Å². The van der Waals surface area contributed by atoms with Crippen molar-refractivity contribution >= 4 is 36.9 Å². The fourth-order valence-electron chi connectivity index (χ4n) is 2.50.